The summed E-state index contributed by atoms with van der Waals surface area (Å²) in [6, 6.07) is 2.23. The topological polar surface area (TPSA) is 12.9 Å². The molecule has 0 aliphatic rings. The molecule has 0 fully saturated rings. The zero-order valence-electron chi connectivity index (χ0n) is 8.52. The van der Waals surface area contributed by atoms with Crippen LogP contribution in [0.4, 0.5) is 0 Å². The van der Waals surface area contributed by atoms with Crippen molar-refractivity contribution in [1.29, 1.82) is 0 Å². The third-order valence-electron chi connectivity index (χ3n) is 2.35. The highest BCUT2D eigenvalue weighted by molar-refractivity contribution is 9.08. The van der Waals surface area contributed by atoms with Crippen molar-refractivity contribution in [1.82, 2.24) is 4.98 Å². The zero-order chi connectivity index (χ0) is 9.84. The fourth-order valence-electron chi connectivity index (χ4n) is 1.51. The molecule has 13 heavy (non-hydrogen) atoms. The molecule has 0 saturated heterocycles. The van der Waals surface area contributed by atoms with Gasteiger partial charge in [-0.3, -0.25) is 4.98 Å². The number of pyridine rings is 1. The van der Waals surface area contributed by atoms with E-state index in [9.17, 15) is 0 Å². The number of hydrogen-bond acceptors (Lipinski definition) is 1. The van der Waals surface area contributed by atoms with Crippen LogP contribution in [0.5, 0.6) is 0 Å². The molecule has 0 spiro atoms. The van der Waals surface area contributed by atoms with Gasteiger partial charge in [0.1, 0.15) is 0 Å². The van der Waals surface area contributed by atoms with Crippen molar-refractivity contribution in [3.8, 4) is 0 Å². The summed E-state index contributed by atoms with van der Waals surface area (Å²) in [5, 5.41) is 0.916. The van der Waals surface area contributed by atoms with Crippen LogP contribution >= 0.6 is 15.9 Å². The highest BCUT2D eigenvalue weighted by Gasteiger charge is 2.05. The van der Waals surface area contributed by atoms with Gasteiger partial charge in [0.15, 0.2) is 0 Å². The van der Waals surface area contributed by atoms with Gasteiger partial charge in [-0.1, -0.05) is 29.8 Å². The van der Waals surface area contributed by atoms with Crippen LogP contribution in [0, 0.1) is 6.92 Å². The van der Waals surface area contributed by atoms with E-state index in [-0.39, 0.29) is 0 Å². The van der Waals surface area contributed by atoms with E-state index in [2.05, 4.69) is 47.8 Å². The Hall–Kier alpha value is -0.370. The highest BCUT2D eigenvalue weighted by atomic mass is 79.9. The molecular formula is C11H16BrN. The minimum absolute atomic E-state index is 0.916. The van der Waals surface area contributed by atoms with Gasteiger partial charge in [-0.15, -0.1) is 0 Å². The molecule has 1 nitrogen and oxygen atoms in total. The molecule has 0 atom stereocenters. The lowest BCUT2D eigenvalue weighted by atomic mass is 10.0. The summed E-state index contributed by atoms with van der Waals surface area (Å²) in [5.74, 6) is 0. The number of nitrogens with zero attached hydrogens (tertiary/aromatic N) is 1. The van der Waals surface area contributed by atoms with Gasteiger partial charge in [-0.05, 0) is 37.0 Å². The van der Waals surface area contributed by atoms with Crippen LogP contribution in [0.3, 0.4) is 0 Å². The molecule has 0 N–H and O–H groups in total. The van der Waals surface area contributed by atoms with Gasteiger partial charge in [0.25, 0.3) is 0 Å². The molecule has 1 aromatic rings. The third-order valence-corrected chi connectivity index (χ3v) is 2.91. The Morgan fingerprint density at radius 3 is 2.46 bits per heavy atom. The summed E-state index contributed by atoms with van der Waals surface area (Å²) in [6.07, 6.45) is 2.12. The minimum Gasteiger partial charge on any atom is -0.258 e. The molecule has 1 rings (SSSR count). The van der Waals surface area contributed by atoms with Crippen LogP contribution in [0.25, 0.3) is 0 Å². The molecule has 0 unspecified atom stereocenters. The third kappa shape index (κ3) is 2.31. The molecule has 2 heteroatoms. The maximum atomic E-state index is 4.54. The Balaban J connectivity index is 3.20. The van der Waals surface area contributed by atoms with E-state index in [4.69, 9.17) is 0 Å². The Morgan fingerprint density at radius 2 is 2.00 bits per heavy atom. The molecule has 1 aromatic heterocycles. The fraction of sp³-hybridized carbons (Fsp3) is 0.545. The largest absolute Gasteiger partial charge is 0.258 e. The summed E-state index contributed by atoms with van der Waals surface area (Å²) >= 11 is 3.51. The van der Waals surface area contributed by atoms with Crippen LogP contribution < -0.4 is 0 Å². The maximum Gasteiger partial charge on any atom is 0.0419 e. The predicted molar refractivity (Wildman–Crippen MR) is 60.4 cm³/mol. The highest BCUT2D eigenvalue weighted by Crippen LogP contribution is 2.18. The monoisotopic (exact) mass is 241 g/mol. The second-order valence-electron chi connectivity index (χ2n) is 3.18. The molecule has 0 bridgehead atoms. The van der Waals surface area contributed by atoms with Crippen LogP contribution in [0.2, 0.25) is 0 Å². The average molecular weight is 242 g/mol. The number of hydrogen-bond donors (Lipinski definition) is 0. The number of aromatic nitrogens is 1. The first-order valence-electron chi connectivity index (χ1n) is 4.77. The summed E-state index contributed by atoms with van der Waals surface area (Å²) in [6.45, 7) is 6.43. The van der Waals surface area contributed by atoms with Gasteiger partial charge in [0.05, 0.1) is 0 Å². The van der Waals surface area contributed by atoms with Crippen LogP contribution in [0.15, 0.2) is 6.07 Å². The van der Waals surface area contributed by atoms with Gasteiger partial charge >= 0.3 is 0 Å². The number of rotatable bonds is 3. The van der Waals surface area contributed by atoms with E-state index in [0.717, 1.165) is 18.2 Å². The van der Waals surface area contributed by atoms with Gasteiger partial charge in [0.2, 0.25) is 0 Å². The van der Waals surface area contributed by atoms with E-state index in [1.165, 1.54) is 22.5 Å². The molecule has 0 amide bonds. The SMILES string of the molecule is CCc1cc(CC)c(CBr)c(C)n1. The molecule has 0 aliphatic heterocycles. The molecule has 0 saturated carbocycles. The predicted octanol–water partition coefficient (Wildman–Crippen LogP) is 3.41. The summed E-state index contributed by atoms with van der Waals surface area (Å²) in [7, 11) is 0. The smallest absolute Gasteiger partial charge is 0.0419 e. The quantitative estimate of drug-likeness (QED) is 0.740. The van der Waals surface area contributed by atoms with Crippen molar-refractivity contribution in [2.45, 2.75) is 38.9 Å². The first-order valence-corrected chi connectivity index (χ1v) is 5.89. The normalized spacial score (nSPS) is 10.5. The van der Waals surface area contributed by atoms with Crippen LogP contribution in [-0.2, 0) is 18.2 Å². The van der Waals surface area contributed by atoms with Gasteiger partial charge in [-0.2, -0.15) is 0 Å². The van der Waals surface area contributed by atoms with Crippen molar-refractivity contribution in [3.63, 3.8) is 0 Å². The van der Waals surface area contributed by atoms with E-state index in [1.807, 2.05) is 0 Å². The lowest BCUT2D eigenvalue weighted by Gasteiger charge is -2.10. The first kappa shape index (κ1) is 10.7. The second-order valence-corrected chi connectivity index (χ2v) is 3.74. The molecule has 72 valence electrons. The molecule has 1 heterocycles. The Bertz CT molecular complexity index is 294. The van der Waals surface area contributed by atoms with E-state index in [1.54, 1.807) is 0 Å². The molecule has 0 aliphatic carbocycles. The Morgan fingerprint density at radius 1 is 1.31 bits per heavy atom. The number of aryl methyl sites for hydroxylation is 3. The van der Waals surface area contributed by atoms with Crippen LogP contribution in [-0.4, -0.2) is 4.98 Å². The second kappa shape index (κ2) is 4.75. The lowest BCUT2D eigenvalue weighted by molar-refractivity contribution is 0.954. The van der Waals surface area contributed by atoms with Gasteiger partial charge in [0, 0.05) is 16.7 Å². The minimum atomic E-state index is 0.916. The fourth-order valence-corrected chi connectivity index (χ4v) is 2.28. The van der Waals surface area contributed by atoms with Crippen molar-refractivity contribution in [2.24, 2.45) is 0 Å². The summed E-state index contributed by atoms with van der Waals surface area (Å²) < 4.78 is 0. The number of alkyl halides is 1. The van der Waals surface area contributed by atoms with Crippen molar-refractivity contribution < 1.29 is 0 Å². The Labute approximate surface area is 88.7 Å². The lowest BCUT2D eigenvalue weighted by Crippen LogP contribution is -2.00. The zero-order valence-corrected chi connectivity index (χ0v) is 10.1. The molecular weight excluding hydrogens is 226 g/mol. The average Bonchev–Trinajstić information content (AvgIpc) is 2.16. The van der Waals surface area contributed by atoms with Crippen LogP contribution in [0.1, 0.15) is 36.4 Å². The van der Waals surface area contributed by atoms with Crippen molar-refractivity contribution in [2.75, 3.05) is 0 Å². The van der Waals surface area contributed by atoms with Gasteiger partial charge in [-0.25, -0.2) is 0 Å². The number of halogens is 1. The van der Waals surface area contributed by atoms with E-state index < -0.39 is 0 Å². The van der Waals surface area contributed by atoms with Crippen molar-refractivity contribution >= 4 is 15.9 Å². The van der Waals surface area contributed by atoms with E-state index in [0.29, 0.717) is 0 Å². The standard InChI is InChI=1S/C11H16BrN/c1-4-9-6-10(5-2)13-8(3)11(9)7-12/h6H,4-5,7H2,1-3H3. The van der Waals surface area contributed by atoms with Gasteiger partial charge < -0.3 is 0 Å². The summed E-state index contributed by atoms with van der Waals surface area (Å²) in [5.41, 5.74) is 5.17. The maximum absolute atomic E-state index is 4.54. The van der Waals surface area contributed by atoms with Crippen molar-refractivity contribution in [3.05, 3.63) is 28.6 Å². The first-order chi connectivity index (χ1) is 6.22. The summed E-state index contributed by atoms with van der Waals surface area (Å²) in [4.78, 5) is 4.54. The Kier molecular flexibility index (Phi) is 3.91. The molecule has 0 radical (unpaired) electrons. The molecule has 0 aromatic carbocycles. The van der Waals surface area contributed by atoms with E-state index >= 15 is 0 Å².